The van der Waals surface area contributed by atoms with E-state index in [2.05, 4.69) is 33.3 Å². The fourth-order valence-corrected chi connectivity index (χ4v) is 6.34. The first-order chi connectivity index (χ1) is 19.5. The lowest BCUT2D eigenvalue weighted by atomic mass is 9.82. The SMILES string of the molecule is CCCn1c2ccc(NC(=O)Oc3ccc(OC)cc3)cc2c2c3c(c4c(c21)CCc1nn(C)cc1-4)C(=O)NC3. The summed E-state index contributed by atoms with van der Waals surface area (Å²) in [4.78, 5) is 26.0. The van der Waals surface area contributed by atoms with E-state index in [0.29, 0.717) is 23.7 Å². The number of anilines is 1. The molecule has 0 fully saturated rings. The van der Waals surface area contributed by atoms with Crippen molar-refractivity contribution < 1.29 is 19.1 Å². The van der Waals surface area contributed by atoms with E-state index in [0.717, 1.165) is 70.0 Å². The number of nitrogens with one attached hydrogen (secondary N) is 2. The minimum Gasteiger partial charge on any atom is -0.497 e. The van der Waals surface area contributed by atoms with Crippen LogP contribution in [0.15, 0.2) is 48.7 Å². The van der Waals surface area contributed by atoms with E-state index in [1.54, 1.807) is 31.4 Å². The van der Waals surface area contributed by atoms with Crippen molar-refractivity contribution in [3.05, 3.63) is 71.0 Å². The fourth-order valence-electron chi connectivity index (χ4n) is 6.34. The Morgan fingerprint density at radius 1 is 1.07 bits per heavy atom. The molecule has 202 valence electrons. The Morgan fingerprint density at radius 3 is 2.65 bits per heavy atom. The van der Waals surface area contributed by atoms with Gasteiger partial charge in [-0.2, -0.15) is 5.10 Å². The van der Waals surface area contributed by atoms with Crippen molar-refractivity contribution in [3.63, 3.8) is 0 Å². The van der Waals surface area contributed by atoms with Crippen molar-refractivity contribution >= 4 is 39.5 Å². The van der Waals surface area contributed by atoms with Crippen molar-refractivity contribution in [2.75, 3.05) is 12.4 Å². The van der Waals surface area contributed by atoms with Gasteiger partial charge in [-0.3, -0.25) is 14.8 Å². The molecular weight excluding hydrogens is 506 g/mol. The summed E-state index contributed by atoms with van der Waals surface area (Å²) in [5, 5.41) is 12.7. The third-order valence-corrected chi connectivity index (χ3v) is 7.91. The van der Waals surface area contributed by atoms with Crippen LogP contribution in [0.1, 0.15) is 40.5 Å². The number of benzene rings is 3. The molecule has 9 nitrogen and oxygen atoms in total. The maximum absolute atomic E-state index is 13.3. The smallest absolute Gasteiger partial charge is 0.417 e. The van der Waals surface area contributed by atoms with Gasteiger partial charge in [-0.05, 0) is 72.9 Å². The second-order valence-electron chi connectivity index (χ2n) is 10.4. The number of fused-ring (bicyclic) bond motifs is 10. The molecule has 0 bridgehead atoms. The third kappa shape index (κ3) is 3.65. The highest BCUT2D eigenvalue weighted by Crippen LogP contribution is 2.47. The van der Waals surface area contributed by atoms with Crippen LogP contribution in [0.25, 0.3) is 32.9 Å². The second kappa shape index (κ2) is 9.15. The van der Waals surface area contributed by atoms with Gasteiger partial charge < -0.3 is 19.4 Å². The molecule has 2 aliphatic rings. The molecule has 1 aliphatic carbocycles. The van der Waals surface area contributed by atoms with Crippen LogP contribution < -0.4 is 20.1 Å². The predicted molar refractivity (Wildman–Crippen MR) is 153 cm³/mol. The molecule has 2 N–H and O–H groups in total. The van der Waals surface area contributed by atoms with Crippen molar-refractivity contribution in [2.45, 2.75) is 39.3 Å². The molecule has 0 unspecified atom stereocenters. The Labute approximate surface area is 230 Å². The van der Waals surface area contributed by atoms with Crippen LogP contribution in [0.2, 0.25) is 0 Å². The molecule has 40 heavy (non-hydrogen) atoms. The summed E-state index contributed by atoms with van der Waals surface area (Å²) < 4.78 is 14.9. The van der Waals surface area contributed by atoms with Gasteiger partial charge in [0, 0.05) is 59.4 Å². The van der Waals surface area contributed by atoms with Gasteiger partial charge in [0.2, 0.25) is 0 Å². The third-order valence-electron chi connectivity index (χ3n) is 7.91. The summed E-state index contributed by atoms with van der Waals surface area (Å²) in [7, 11) is 3.52. The van der Waals surface area contributed by atoms with E-state index < -0.39 is 6.09 Å². The fraction of sp³-hybridized carbons (Fsp3) is 0.258. The van der Waals surface area contributed by atoms with Crippen molar-refractivity contribution in [1.29, 1.82) is 0 Å². The number of ether oxygens (including phenoxy) is 2. The largest absolute Gasteiger partial charge is 0.497 e. The summed E-state index contributed by atoms with van der Waals surface area (Å²) in [5.74, 6) is 1.06. The van der Waals surface area contributed by atoms with E-state index in [1.807, 2.05) is 30.1 Å². The molecule has 2 amide bonds. The molecule has 0 atom stereocenters. The number of hydrogen-bond donors (Lipinski definition) is 2. The van der Waals surface area contributed by atoms with Gasteiger partial charge in [-0.25, -0.2) is 4.79 Å². The number of nitrogens with zero attached hydrogens (tertiary/aromatic N) is 3. The Balaban J connectivity index is 1.38. The Morgan fingerprint density at radius 2 is 1.88 bits per heavy atom. The first-order valence-electron chi connectivity index (χ1n) is 13.5. The van der Waals surface area contributed by atoms with Crippen LogP contribution in [-0.4, -0.2) is 33.5 Å². The topological polar surface area (TPSA) is 99.4 Å². The summed E-state index contributed by atoms with van der Waals surface area (Å²) in [5.41, 5.74) is 8.95. The molecule has 0 saturated carbocycles. The Kier molecular flexibility index (Phi) is 5.55. The van der Waals surface area contributed by atoms with Crippen LogP contribution in [0.5, 0.6) is 11.5 Å². The maximum Gasteiger partial charge on any atom is 0.417 e. The second-order valence-corrected chi connectivity index (χ2v) is 10.4. The van der Waals surface area contributed by atoms with Crippen LogP contribution >= 0.6 is 0 Å². The number of carbonyl (C=O) groups excluding carboxylic acids is 2. The van der Waals surface area contributed by atoms with E-state index in [-0.39, 0.29) is 5.91 Å². The molecule has 3 aromatic carbocycles. The predicted octanol–water partition coefficient (Wildman–Crippen LogP) is 5.57. The van der Waals surface area contributed by atoms with Crippen LogP contribution in [-0.2, 0) is 33.0 Å². The average Bonchev–Trinajstić information content (AvgIpc) is 3.62. The molecule has 3 heterocycles. The zero-order chi connectivity index (χ0) is 27.5. The van der Waals surface area contributed by atoms with Crippen molar-refractivity contribution in [2.24, 2.45) is 7.05 Å². The van der Waals surface area contributed by atoms with Gasteiger partial charge in [0.15, 0.2) is 0 Å². The summed E-state index contributed by atoms with van der Waals surface area (Å²) in [6, 6.07) is 12.8. The van der Waals surface area contributed by atoms with Gasteiger partial charge in [0.25, 0.3) is 5.91 Å². The molecule has 0 spiro atoms. The Bertz CT molecular complexity index is 1850. The molecule has 1 aliphatic heterocycles. The van der Waals surface area contributed by atoms with Crippen LogP contribution in [0, 0.1) is 0 Å². The highest BCUT2D eigenvalue weighted by atomic mass is 16.6. The molecule has 2 aromatic heterocycles. The Hall–Kier alpha value is -4.79. The molecule has 5 aromatic rings. The summed E-state index contributed by atoms with van der Waals surface area (Å²) in [6.45, 7) is 3.49. The highest BCUT2D eigenvalue weighted by Gasteiger charge is 2.35. The monoisotopic (exact) mass is 535 g/mol. The molecule has 9 heteroatoms. The minimum absolute atomic E-state index is 0.0430. The average molecular weight is 536 g/mol. The lowest BCUT2D eigenvalue weighted by Gasteiger charge is -2.21. The number of aryl methyl sites for hydroxylation is 4. The lowest BCUT2D eigenvalue weighted by molar-refractivity contribution is 0.0966. The van der Waals surface area contributed by atoms with Crippen LogP contribution in [0.3, 0.4) is 0 Å². The van der Waals surface area contributed by atoms with Crippen molar-refractivity contribution in [1.82, 2.24) is 19.7 Å². The van der Waals surface area contributed by atoms with Gasteiger partial charge in [0.1, 0.15) is 11.5 Å². The molecular formula is C31H29N5O4. The van der Waals surface area contributed by atoms with E-state index in [1.165, 1.54) is 11.1 Å². The lowest BCUT2D eigenvalue weighted by Crippen LogP contribution is -2.16. The number of amides is 2. The van der Waals surface area contributed by atoms with E-state index in [4.69, 9.17) is 9.47 Å². The number of carbonyl (C=O) groups is 2. The summed E-state index contributed by atoms with van der Waals surface area (Å²) in [6.07, 6.45) is 4.07. The quantitative estimate of drug-likeness (QED) is 0.307. The zero-order valence-corrected chi connectivity index (χ0v) is 22.6. The van der Waals surface area contributed by atoms with Gasteiger partial charge >= 0.3 is 6.09 Å². The van der Waals surface area contributed by atoms with Crippen molar-refractivity contribution in [3.8, 4) is 22.6 Å². The van der Waals surface area contributed by atoms with Gasteiger partial charge in [0.05, 0.1) is 23.9 Å². The van der Waals surface area contributed by atoms with Gasteiger partial charge in [-0.15, -0.1) is 0 Å². The molecule has 7 rings (SSSR count). The number of aromatic nitrogens is 3. The number of hydrogen-bond acceptors (Lipinski definition) is 5. The maximum atomic E-state index is 13.3. The first-order valence-corrected chi connectivity index (χ1v) is 13.5. The molecule has 0 saturated heterocycles. The number of methoxy groups -OCH3 is 1. The summed E-state index contributed by atoms with van der Waals surface area (Å²) >= 11 is 0. The highest BCUT2D eigenvalue weighted by molar-refractivity contribution is 6.20. The molecule has 0 radical (unpaired) electrons. The normalized spacial score (nSPS) is 13.6. The standard InChI is InChI=1S/C31H29N5O4/c1-4-13-36-25-12-5-17(33-31(38)40-19-8-6-18(39-3)7-9-19)14-21(25)27-22-15-32-30(37)28(22)26-20(29(27)36)10-11-24-23(26)16-35(2)34-24/h5-9,12,14,16H,4,10-11,13,15H2,1-3H3,(H,32,37)(H,33,38). The minimum atomic E-state index is -0.578. The van der Waals surface area contributed by atoms with Gasteiger partial charge in [-0.1, -0.05) is 6.92 Å². The van der Waals surface area contributed by atoms with E-state index >= 15 is 0 Å². The van der Waals surface area contributed by atoms with Crippen LogP contribution in [0.4, 0.5) is 10.5 Å². The first kappa shape index (κ1) is 24.3. The zero-order valence-electron chi connectivity index (χ0n) is 22.6. The number of rotatable bonds is 5. The van der Waals surface area contributed by atoms with E-state index in [9.17, 15) is 9.59 Å².